The summed E-state index contributed by atoms with van der Waals surface area (Å²) < 4.78 is 0. The number of carboxylic acids is 8. The van der Waals surface area contributed by atoms with Crippen molar-refractivity contribution in [1.82, 2.24) is 0 Å². The Hall–Kier alpha value is -4.41. The number of hydrogen-bond acceptors (Lipinski definition) is 12. The third-order valence-electron chi connectivity index (χ3n) is 3.43. The second-order valence-electron chi connectivity index (χ2n) is 6.47. The van der Waals surface area contributed by atoms with E-state index in [1.165, 1.54) is 0 Å². The van der Waals surface area contributed by atoms with Crippen LogP contribution in [0, 0.1) is 0 Å². The molecular formula is C24H28HfO16. The number of aliphatic carboxylic acids is 8. The van der Waals surface area contributed by atoms with E-state index in [0.717, 1.165) is 24.3 Å². The number of carbonyl (C=O) groups excluding carboxylic acids is 4. The summed E-state index contributed by atoms with van der Waals surface area (Å²) in [5.74, 6) is -12.4. The van der Waals surface area contributed by atoms with Gasteiger partial charge in [0, 0.05) is 0 Å². The first-order valence-corrected chi connectivity index (χ1v) is 11.0. The molecule has 0 aromatic carbocycles. The number of allylic oxidation sites excluding steroid dienone is 4. The van der Waals surface area contributed by atoms with E-state index in [1.807, 2.05) is 0 Å². The molecule has 17 heteroatoms. The summed E-state index contributed by atoms with van der Waals surface area (Å²) in [6.07, 6.45) is 5.86. The molecular weight excluding hydrogens is 723 g/mol. The van der Waals surface area contributed by atoms with Crippen LogP contribution in [0.4, 0.5) is 0 Å². The van der Waals surface area contributed by atoms with Gasteiger partial charge >= 0.3 is 49.7 Å². The first kappa shape index (κ1) is 46.4. The maximum absolute atomic E-state index is 10.0. The van der Waals surface area contributed by atoms with Crippen LogP contribution in [-0.2, 0) is 64.2 Å². The van der Waals surface area contributed by atoms with Gasteiger partial charge < -0.3 is 60.0 Å². The van der Waals surface area contributed by atoms with Gasteiger partial charge in [0.25, 0.3) is 0 Å². The fourth-order valence-corrected chi connectivity index (χ4v) is 1.85. The van der Waals surface area contributed by atoms with E-state index in [0.29, 0.717) is 25.7 Å². The van der Waals surface area contributed by atoms with Crippen molar-refractivity contribution >= 4 is 47.8 Å². The van der Waals surface area contributed by atoms with Crippen LogP contribution in [0.1, 0.15) is 53.4 Å². The third-order valence-corrected chi connectivity index (χ3v) is 3.43. The molecule has 0 aromatic rings. The van der Waals surface area contributed by atoms with Gasteiger partial charge in [-0.25, -0.2) is 19.2 Å². The Morgan fingerprint density at radius 1 is 0.415 bits per heavy atom. The zero-order valence-corrected chi connectivity index (χ0v) is 25.9. The SMILES string of the molecule is CC/C=C(\C(=O)[O-])C(=O)O.CC/C=C(\C(=O)[O-])C(=O)O.CC/C=C(\C(=O)[O-])C(=O)O.CC/C=C(\C(=O)[O-])C(=O)O.[Hf+4]. The average molecular weight is 751 g/mol. The van der Waals surface area contributed by atoms with Crippen molar-refractivity contribution in [1.29, 1.82) is 0 Å². The minimum absolute atomic E-state index is 0. The van der Waals surface area contributed by atoms with Crippen molar-refractivity contribution in [2.24, 2.45) is 0 Å². The van der Waals surface area contributed by atoms with E-state index in [2.05, 4.69) is 0 Å². The van der Waals surface area contributed by atoms with Crippen molar-refractivity contribution in [2.45, 2.75) is 53.4 Å². The topological polar surface area (TPSA) is 310 Å². The Morgan fingerprint density at radius 3 is 0.561 bits per heavy atom. The number of hydrogen-bond donors (Lipinski definition) is 4. The average Bonchev–Trinajstić information content (AvgIpc) is 2.82. The molecule has 0 aliphatic rings. The van der Waals surface area contributed by atoms with Gasteiger partial charge in [0.2, 0.25) is 0 Å². The maximum Gasteiger partial charge on any atom is 4.00 e. The largest absolute Gasteiger partial charge is 4.00 e. The molecule has 41 heavy (non-hydrogen) atoms. The summed E-state index contributed by atoms with van der Waals surface area (Å²) in [7, 11) is 0. The molecule has 0 saturated heterocycles. The zero-order chi connectivity index (χ0) is 32.6. The van der Waals surface area contributed by atoms with Gasteiger partial charge in [0.05, 0.1) is 46.2 Å². The summed E-state index contributed by atoms with van der Waals surface area (Å²) in [6.45, 7) is 6.58. The van der Waals surface area contributed by atoms with Crippen molar-refractivity contribution in [2.75, 3.05) is 0 Å². The zero-order valence-electron chi connectivity index (χ0n) is 22.3. The first-order chi connectivity index (χ1) is 18.4. The van der Waals surface area contributed by atoms with Gasteiger partial charge in [0.15, 0.2) is 0 Å². The quantitative estimate of drug-likeness (QED) is 0.0655. The van der Waals surface area contributed by atoms with E-state index < -0.39 is 70.0 Å². The summed E-state index contributed by atoms with van der Waals surface area (Å²) in [5.41, 5.74) is -2.71. The molecule has 0 spiro atoms. The third kappa shape index (κ3) is 25.6. The van der Waals surface area contributed by atoms with Gasteiger partial charge in [-0.05, 0) is 25.7 Å². The number of carbonyl (C=O) groups is 8. The van der Waals surface area contributed by atoms with Gasteiger partial charge in [-0.2, -0.15) is 0 Å². The minimum atomic E-state index is -1.64. The van der Waals surface area contributed by atoms with Crippen molar-refractivity contribution in [3.8, 4) is 0 Å². The molecule has 0 aromatic heterocycles. The monoisotopic (exact) mass is 752 g/mol. The van der Waals surface area contributed by atoms with Crippen LogP contribution in [0.25, 0.3) is 0 Å². The van der Waals surface area contributed by atoms with Crippen molar-refractivity contribution in [3.05, 3.63) is 46.6 Å². The fourth-order valence-electron chi connectivity index (χ4n) is 1.85. The molecule has 0 amide bonds. The van der Waals surface area contributed by atoms with E-state index in [4.69, 9.17) is 20.4 Å². The Morgan fingerprint density at radius 2 is 0.537 bits per heavy atom. The van der Waals surface area contributed by atoms with E-state index >= 15 is 0 Å². The Kier molecular flexibility index (Phi) is 30.8. The summed E-state index contributed by atoms with van der Waals surface area (Å²) in [4.78, 5) is 80.0. The minimum Gasteiger partial charge on any atom is -0.545 e. The molecule has 0 atom stereocenters. The molecule has 0 aliphatic carbocycles. The van der Waals surface area contributed by atoms with E-state index in [1.54, 1.807) is 27.7 Å². The molecule has 0 rings (SSSR count). The fraction of sp³-hybridized carbons (Fsp3) is 0.333. The number of carboxylic acid groups (broad SMARTS) is 8. The predicted octanol–water partition coefficient (Wildman–Crippen LogP) is -3.37. The molecule has 0 heterocycles. The summed E-state index contributed by atoms with van der Waals surface area (Å²) in [6, 6.07) is 0. The first-order valence-electron chi connectivity index (χ1n) is 11.0. The van der Waals surface area contributed by atoms with Gasteiger partial charge in [-0.3, -0.25) is 0 Å². The molecule has 0 aliphatic heterocycles. The molecule has 0 bridgehead atoms. The molecule has 0 saturated carbocycles. The van der Waals surface area contributed by atoms with Gasteiger partial charge in [-0.1, -0.05) is 52.0 Å². The maximum atomic E-state index is 10.0. The smallest absolute Gasteiger partial charge is 0.545 e. The van der Waals surface area contributed by atoms with Gasteiger partial charge in [0.1, 0.15) is 0 Å². The van der Waals surface area contributed by atoms with Crippen LogP contribution < -0.4 is 20.4 Å². The Labute approximate surface area is 252 Å². The molecule has 0 fully saturated rings. The summed E-state index contributed by atoms with van der Waals surface area (Å²) in [5, 5.41) is 72.6. The Bertz CT molecular complexity index is 832. The van der Waals surface area contributed by atoms with Crippen molar-refractivity contribution in [3.63, 3.8) is 0 Å². The second kappa shape index (κ2) is 27.2. The van der Waals surface area contributed by atoms with E-state index in [9.17, 15) is 58.8 Å². The molecule has 16 nitrogen and oxygen atoms in total. The molecule has 224 valence electrons. The summed E-state index contributed by atoms with van der Waals surface area (Å²) >= 11 is 0. The normalized spacial score (nSPS) is 10.8. The van der Waals surface area contributed by atoms with Crippen molar-refractivity contribution < 1.29 is 105 Å². The molecule has 4 N–H and O–H groups in total. The van der Waals surface area contributed by atoms with Crippen LogP contribution in [0.2, 0.25) is 0 Å². The number of rotatable bonds is 12. The Balaban J connectivity index is -0.000000139. The van der Waals surface area contributed by atoms with E-state index in [-0.39, 0.29) is 25.8 Å². The molecule has 0 radical (unpaired) electrons. The standard InChI is InChI=1S/4C6H8O4.Hf/c4*1-2-3-4(5(7)8)6(9)10;/h4*3H,2H2,1H3,(H,7,8)(H,9,10);/q;;;;+4/p-4. The molecule has 0 unspecified atom stereocenters. The van der Waals surface area contributed by atoms with Crippen LogP contribution >= 0.6 is 0 Å². The van der Waals surface area contributed by atoms with Crippen LogP contribution in [0.5, 0.6) is 0 Å². The van der Waals surface area contributed by atoms with Crippen LogP contribution in [0.15, 0.2) is 46.6 Å². The van der Waals surface area contributed by atoms with Gasteiger partial charge in [-0.15, -0.1) is 0 Å². The predicted molar refractivity (Wildman–Crippen MR) is 124 cm³/mol. The second-order valence-corrected chi connectivity index (χ2v) is 6.47. The van der Waals surface area contributed by atoms with Crippen LogP contribution in [0.3, 0.4) is 0 Å². The van der Waals surface area contributed by atoms with Crippen LogP contribution in [-0.4, -0.2) is 68.2 Å².